The van der Waals surface area contributed by atoms with Crippen molar-refractivity contribution in [3.05, 3.63) is 77.1 Å². The van der Waals surface area contributed by atoms with E-state index >= 15 is 0 Å². The maximum atomic E-state index is 12.5. The number of anilines is 2. The summed E-state index contributed by atoms with van der Waals surface area (Å²) in [7, 11) is 0. The van der Waals surface area contributed by atoms with Crippen molar-refractivity contribution in [1.82, 2.24) is 4.98 Å². The van der Waals surface area contributed by atoms with E-state index in [4.69, 9.17) is 9.47 Å². The van der Waals surface area contributed by atoms with Crippen LogP contribution in [0.1, 0.15) is 27.2 Å². The standard InChI is InChI=1S/C22H21N3O3/c1-14-3-4-15(2)19(9-14)25-22(26)18-7-6-17(12-24-18)23-11-16-5-8-20-21(10-16)28-13-27-20/h3-10,12,23H,11,13H2,1-2H3,(H,25,26). The van der Waals surface area contributed by atoms with Gasteiger partial charge in [0.2, 0.25) is 6.79 Å². The highest BCUT2D eigenvalue weighted by molar-refractivity contribution is 6.03. The van der Waals surface area contributed by atoms with Crippen LogP contribution in [0.25, 0.3) is 0 Å². The lowest BCUT2D eigenvalue weighted by Gasteiger charge is -2.10. The largest absolute Gasteiger partial charge is 0.454 e. The van der Waals surface area contributed by atoms with Crippen LogP contribution in [0.15, 0.2) is 54.7 Å². The summed E-state index contributed by atoms with van der Waals surface area (Å²) < 4.78 is 10.7. The first kappa shape index (κ1) is 17.9. The average molecular weight is 375 g/mol. The minimum atomic E-state index is -0.226. The first-order chi connectivity index (χ1) is 13.6. The number of amides is 1. The molecule has 4 rings (SSSR count). The lowest BCUT2D eigenvalue weighted by molar-refractivity contribution is 0.102. The Bertz CT molecular complexity index is 1020. The number of rotatable bonds is 5. The van der Waals surface area contributed by atoms with Gasteiger partial charge in [-0.25, -0.2) is 4.98 Å². The molecule has 0 aliphatic carbocycles. The molecule has 2 N–H and O–H groups in total. The molecule has 1 aliphatic rings. The minimum absolute atomic E-state index is 0.226. The lowest BCUT2D eigenvalue weighted by atomic mass is 10.1. The van der Waals surface area contributed by atoms with Crippen LogP contribution in [0.3, 0.4) is 0 Å². The lowest BCUT2D eigenvalue weighted by Crippen LogP contribution is -2.14. The predicted octanol–water partition coefficient (Wildman–Crippen LogP) is 4.29. The summed E-state index contributed by atoms with van der Waals surface area (Å²) >= 11 is 0. The van der Waals surface area contributed by atoms with Crippen molar-refractivity contribution in [3.63, 3.8) is 0 Å². The number of nitrogens with one attached hydrogen (secondary N) is 2. The fraction of sp³-hybridized carbons (Fsp3) is 0.182. The van der Waals surface area contributed by atoms with Crippen LogP contribution >= 0.6 is 0 Å². The Morgan fingerprint density at radius 1 is 1.04 bits per heavy atom. The van der Waals surface area contributed by atoms with Gasteiger partial charge in [-0.15, -0.1) is 0 Å². The number of fused-ring (bicyclic) bond motifs is 1. The Balaban J connectivity index is 1.38. The van der Waals surface area contributed by atoms with Crippen LogP contribution in [-0.4, -0.2) is 17.7 Å². The first-order valence-electron chi connectivity index (χ1n) is 9.05. The molecule has 0 spiro atoms. The molecule has 0 bridgehead atoms. The second-order valence-electron chi connectivity index (χ2n) is 6.75. The number of hydrogen-bond donors (Lipinski definition) is 2. The average Bonchev–Trinajstić information content (AvgIpc) is 3.17. The third kappa shape index (κ3) is 3.91. The molecule has 1 aliphatic heterocycles. The van der Waals surface area contributed by atoms with Gasteiger partial charge in [-0.2, -0.15) is 0 Å². The summed E-state index contributed by atoms with van der Waals surface area (Å²) in [5, 5.41) is 6.21. The van der Waals surface area contributed by atoms with Gasteiger partial charge in [0.1, 0.15) is 5.69 Å². The molecule has 0 fully saturated rings. The summed E-state index contributed by atoms with van der Waals surface area (Å²) in [6.45, 7) is 4.84. The second kappa shape index (κ2) is 7.60. The molecule has 0 saturated heterocycles. The highest BCUT2D eigenvalue weighted by Gasteiger charge is 2.13. The van der Waals surface area contributed by atoms with Crippen LogP contribution in [0.4, 0.5) is 11.4 Å². The van der Waals surface area contributed by atoms with Crippen molar-refractivity contribution >= 4 is 17.3 Å². The highest BCUT2D eigenvalue weighted by Crippen LogP contribution is 2.32. The molecule has 6 nitrogen and oxygen atoms in total. The van der Waals surface area contributed by atoms with E-state index in [9.17, 15) is 4.79 Å². The van der Waals surface area contributed by atoms with Crippen molar-refractivity contribution in [2.45, 2.75) is 20.4 Å². The van der Waals surface area contributed by atoms with E-state index in [1.807, 2.05) is 56.3 Å². The van der Waals surface area contributed by atoms with E-state index in [0.717, 1.165) is 39.6 Å². The molecule has 2 heterocycles. The molecule has 3 aromatic rings. The van der Waals surface area contributed by atoms with Crippen molar-refractivity contribution in [2.75, 3.05) is 17.4 Å². The van der Waals surface area contributed by atoms with Gasteiger partial charge in [-0.1, -0.05) is 18.2 Å². The quantitative estimate of drug-likeness (QED) is 0.696. The maximum Gasteiger partial charge on any atom is 0.274 e. The van der Waals surface area contributed by atoms with Gasteiger partial charge in [0, 0.05) is 12.2 Å². The zero-order chi connectivity index (χ0) is 19.5. The third-order valence-electron chi connectivity index (χ3n) is 4.57. The number of nitrogens with zero attached hydrogens (tertiary/aromatic N) is 1. The van der Waals surface area contributed by atoms with Crippen molar-refractivity contribution in [1.29, 1.82) is 0 Å². The molecule has 28 heavy (non-hydrogen) atoms. The molecule has 1 amide bonds. The topological polar surface area (TPSA) is 72.5 Å². The SMILES string of the molecule is Cc1ccc(C)c(NC(=O)c2ccc(NCc3ccc4c(c3)OCO4)cn2)c1. The van der Waals surface area contributed by atoms with Crippen molar-refractivity contribution < 1.29 is 14.3 Å². The number of aromatic nitrogens is 1. The van der Waals surface area contributed by atoms with Gasteiger partial charge in [0.05, 0.1) is 11.9 Å². The molecule has 0 atom stereocenters. The van der Waals surface area contributed by atoms with Gasteiger partial charge >= 0.3 is 0 Å². The Kier molecular flexibility index (Phi) is 4.85. The van der Waals surface area contributed by atoms with Gasteiger partial charge in [0.25, 0.3) is 5.91 Å². The Hall–Kier alpha value is -3.54. The number of aryl methyl sites for hydroxylation is 2. The number of ether oxygens (including phenoxy) is 2. The fourth-order valence-electron chi connectivity index (χ4n) is 2.94. The normalized spacial score (nSPS) is 11.9. The smallest absolute Gasteiger partial charge is 0.274 e. The van der Waals surface area contributed by atoms with E-state index in [1.165, 1.54) is 0 Å². The summed E-state index contributed by atoms with van der Waals surface area (Å²) in [4.78, 5) is 16.7. The molecule has 142 valence electrons. The predicted molar refractivity (Wildman–Crippen MR) is 108 cm³/mol. The molecule has 1 aromatic heterocycles. The first-order valence-corrected chi connectivity index (χ1v) is 9.05. The number of carbonyl (C=O) groups is 1. The molecule has 2 aromatic carbocycles. The molecule has 0 unspecified atom stereocenters. The van der Waals surface area contributed by atoms with Gasteiger partial charge in [0.15, 0.2) is 11.5 Å². The second-order valence-corrected chi connectivity index (χ2v) is 6.75. The zero-order valence-corrected chi connectivity index (χ0v) is 15.8. The van der Waals surface area contributed by atoms with Gasteiger partial charge in [-0.05, 0) is 60.9 Å². The number of pyridine rings is 1. The zero-order valence-electron chi connectivity index (χ0n) is 15.8. The molecule has 6 heteroatoms. The molecular formula is C22H21N3O3. The molecule has 0 radical (unpaired) electrons. The van der Waals surface area contributed by atoms with Crippen molar-refractivity contribution in [2.24, 2.45) is 0 Å². The van der Waals surface area contributed by atoms with E-state index in [-0.39, 0.29) is 12.7 Å². The van der Waals surface area contributed by atoms with Gasteiger partial charge < -0.3 is 20.1 Å². The third-order valence-corrected chi connectivity index (χ3v) is 4.57. The summed E-state index contributed by atoms with van der Waals surface area (Å²) in [5.41, 5.74) is 5.19. The monoisotopic (exact) mass is 375 g/mol. The Morgan fingerprint density at radius 2 is 1.89 bits per heavy atom. The Labute approximate surface area is 163 Å². The van der Waals surface area contributed by atoms with Crippen LogP contribution in [-0.2, 0) is 6.54 Å². The van der Waals surface area contributed by atoms with Crippen LogP contribution in [0, 0.1) is 13.8 Å². The number of hydrogen-bond acceptors (Lipinski definition) is 5. The minimum Gasteiger partial charge on any atom is -0.454 e. The van der Waals surface area contributed by atoms with Crippen LogP contribution in [0.2, 0.25) is 0 Å². The summed E-state index contributed by atoms with van der Waals surface area (Å²) in [6, 6.07) is 15.4. The van der Waals surface area contributed by atoms with Crippen LogP contribution < -0.4 is 20.1 Å². The highest BCUT2D eigenvalue weighted by atomic mass is 16.7. The number of benzene rings is 2. The van der Waals surface area contributed by atoms with E-state index in [1.54, 1.807) is 12.3 Å². The van der Waals surface area contributed by atoms with Gasteiger partial charge in [-0.3, -0.25) is 4.79 Å². The number of carbonyl (C=O) groups excluding carboxylic acids is 1. The maximum absolute atomic E-state index is 12.5. The summed E-state index contributed by atoms with van der Waals surface area (Å²) in [6.07, 6.45) is 1.66. The van der Waals surface area contributed by atoms with E-state index in [2.05, 4.69) is 15.6 Å². The van der Waals surface area contributed by atoms with Crippen molar-refractivity contribution in [3.8, 4) is 11.5 Å². The molecule has 0 saturated carbocycles. The Morgan fingerprint density at radius 3 is 2.71 bits per heavy atom. The summed E-state index contributed by atoms with van der Waals surface area (Å²) in [5.74, 6) is 1.30. The molecular weight excluding hydrogens is 354 g/mol. The fourth-order valence-corrected chi connectivity index (χ4v) is 2.94. The van der Waals surface area contributed by atoms with E-state index < -0.39 is 0 Å². The van der Waals surface area contributed by atoms with E-state index in [0.29, 0.717) is 12.2 Å². The van der Waals surface area contributed by atoms with Crippen LogP contribution in [0.5, 0.6) is 11.5 Å².